The Kier molecular flexibility index (Phi) is 5.97. The Morgan fingerprint density at radius 2 is 1.73 bits per heavy atom. The highest BCUT2D eigenvalue weighted by Gasteiger charge is 2.16. The van der Waals surface area contributed by atoms with Crippen LogP contribution in [0.3, 0.4) is 0 Å². The maximum absolute atomic E-state index is 12.8. The molecule has 0 aliphatic heterocycles. The third-order valence-electron chi connectivity index (χ3n) is 4.70. The first-order valence-corrected chi connectivity index (χ1v) is 10.4. The average molecular weight is 483 g/mol. The highest BCUT2D eigenvalue weighted by atomic mass is 79.9. The van der Waals surface area contributed by atoms with Gasteiger partial charge in [0.05, 0.1) is 24.1 Å². The lowest BCUT2D eigenvalue weighted by Gasteiger charge is -2.10. The normalized spacial score (nSPS) is 10.9. The van der Waals surface area contributed by atoms with E-state index in [0.29, 0.717) is 22.0 Å². The van der Waals surface area contributed by atoms with Crippen LogP contribution < -0.4 is 5.32 Å². The van der Waals surface area contributed by atoms with Gasteiger partial charge in [-0.1, -0.05) is 45.7 Å². The van der Waals surface area contributed by atoms with E-state index in [1.807, 2.05) is 34.9 Å². The molecular formula is C23H17BrClN3O2. The van der Waals surface area contributed by atoms with E-state index < -0.39 is 0 Å². The third-order valence-corrected chi connectivity index (χ3v) is 5.44. The van der Waals surface area contributed by atoms with Crippen LogP contribution in [0, 0.1) is 0 Å². The molecule has 0 aliphatic rings. The van der Waals surface area contributed by atoms with Gasteiger partial charge in [0.2, 0.25) is 0 Å². The summed E-state index contributed by atoms with van der Waals surface area (Å²) in [5.74, 6) is 0.343. The topological polar surface area (TPSA) is 64.0 Å². The Morgan fingerprint density at radius 1 is 0.967 bits per heavy atom. The van der Waals surface area contributed by atoms with Crippen LogP contribution in [0.2, 0.25) is 5.02 Å². The summed E-state index contributed by atoms with van der Waals surface area (Å²) in [7, 11) is 0. The predicted molar refractivity (Wildman–Crippen MR) is 121 cm³/mol. The van der Waals surface area contributed by atoms with E-state index in [-0.39, 0.29) is 24.8 Å². The van der Waals surface area contributed by atoms with E-state index in [0.717, 1.165) is 15.5 Å². The standard InChI is InChI=1S/C23H17BrClN3O2/c24-17-5-3-4-16(12-17)23(30)26-13-22-27-19-6-1-2-7-20(19)28(22)14-21(29)15-8-10-18(25)11-9-15/h1-12H,13-14H2,(H,26,30). The number of imidazole rings is 1. The van der Waals surface area contributed by atoms with Crippen LogP contribution in [0.25, 0.3) is 11.0 Å². The summed E-state index contributed by atoms with van der Waals surface area (Å²) in [5, 5.41) is 3.47. The van der Waals surface area contributed by atoms with Gasteiger partial charge in [-0.3, -0.25) is 9.59 Å². The number of hydrogen-bond acceptors (Lipinski definition) is 3. The Bertz CT molecular complexity index is 1230. The molecule has 0 saturated heterocycles. The number of Topliss-reactive ketones (excluding diaryl/α,β-unsaturated/α-hetero) is 1. The zero-order valence-electron chi connectivity index (χ0n) is 15.8. The van der Waals surface area contributed by atoms with Crippen LogP contribution in [-0.4, -0.2) is 21.2 Å². The SMILES string of the molecule is O=C(Cn1c(CNC(=O)c2cccc(Br)c2)nc2ccccc21)c1ccc(Cl)cc1. The second-order valence-corrected chi connectivity index (χ2v) is 8.08. The number of carbonyl (C=O) groups excluding carboxylic acids is 2. The zero-order valence-corrected chi connectivity index (χ0v) is 18.2. The van der Waals surface area contributed by atoms with Crippen molar-refractivity contribution >= 4 is 50.3 Å². The molecule has 1 aromatic heterocycles. The lowest BCUT2D eigenvalue weighted by Crippen LogP contribution is -2.25. The van der Waals surface area contributed by atoms with Crippen molar-refractivity contribution in [3.63, 3.8) is 0 Å². The Hall–Kier alpha value is -2.96. The van der Waals surface area contributed by atoms with Crippen molar-refractivity contribution in [1.82, 2.24) is 14.9 Å². The summed E-state index contributed by atoms with van der Waals surface area (Å²) >= 11 is 9.30. The number of ketones is 1. The smallest absolute Gasteiger partial charge is 0.251 e. The number of nitrogens with zero attached hydrogens (tertiary/aromatic N) is 2. The molecule has 0 spiro atoms. The van der Waals surface area contributed by atoms with Gasteiger partial charge < -0.3 is 9.88 Å². The van der Waals surface area contributed by atoms with Gasteiger partial charge in [-0.2, -0.15) is 0 Å². The number of carbonyl (C=O) groups is 2. The van der Waals surface area contributed by atoms with E-state index in [9.17, 15) is 9.59 Å². The van der Waals surface area contributed by atoms with Gasteiger partial charge in [-0.25, -0.2) is 4.98 Å². The monoisotopic (exact) mass is 481 g/mol. The van der Waals surface area contributed by atoms with Crippen LogP contribution in [0.15, 0.2) is 77.3 Å². The van der Waals surface area contributed by atoms with Crippen molar-refractivity contribution in [2.45, 2.75) is 13.1 Å². The van der Waals surface area contributed by atoms with Crippen LogP contribution in [0.1, 0.15) is 26.5 Å². The first-order chi connectivity index (χ1) is 14.5. The molecule has 0 atom stereocenters. The second kappa shape index (κ2) is 8.81. The first kappa shape index (κ1) is 20.3. The minimum atomic E-state index is -0.209. The van der Waals surface area contributed by atoms with Crippen LogP contribution >= 0.6 is 27.5 Å². The molecule has 7 heteroatoms. The van der Waals surface area contributed by atoms with Crippen molar-refractivity contribution in [2.24, 2.45) is 0 Å². The summed E-state index contributed by atoms with van der Waals surface area (Å²) in [6, 6.07) is 21.6. The highest BCUT2D eigenvalue weighted by molar-refractivity contribution is 9.10. The number of benzene rings is 3. The fourth-order valence-corrected chi connectivity index (χ4v) is 3.72. The number of aromatic nitrogens is 2. The van der Waals surface area contributed by atoms with Crippen molar-refractivity contribution in [2.75, 3.05) is 0 Å². The lowest BCUT2D eigenvalue weighted by molar-refractivity contribution is 0.0949. The van der Waals surface area contributed by atoms with Gasteiger partial charge in [0, 0.05) is 20.6 Å². The number of para-hydroxylation sites is 2. The molecule has 150 valence electrons. The van der Waals surface area contributed by atoms with Crippen molar-refractivity contribution in [3.8, 4) is 0 Å². The molecule has 1 heterocycles. The largest absolute Gasteiger partial charge is 0.345 e. The number of hydrogen-bond donors (Lipinski definition) is 1. The van der Waals surface area contributed by atoms with Gasteiger partial charge in [0.15, 0.2) is 5.78 Å². The molecule has 4 rings (SSSR count). The Labute approximate surface area is 186 Å². The van der Waals surface area contributed by atoms with E-state index in [1.54, 1.807) is 42.5 Å². The highest BCUT2D eigenvalue weighted by Crippen LogP contribution is 2.18. The van der Waals surface area contributed by atoms with Crippen LogP contribution in [-0.2, 0) is 13.1 Å². The molecule has 0 aliphatic carbocycles. The second-order valence-electron chi connectivity index (χ2n) is 6.73. The minimum Gasteiger partial charge on any atom is -0.345 e. The fourth-order valence-electron chi connectivity index (χ4n) is 3.20. The molecule has 3 aromatic carbocycles. The average Bonchev–Trinajstić information content (AvgIpc) is 3.10. The summed E-state index contributed by atoms with van der Waals surface area (Å²) in [6.07, 6.45) is 0. The fraction of sp³-hybridized carbons (Fsp3) is 0.0870. The zero-order chi connectivity index (χ0) is 21.1. The van der Waals surface area contributed by atoms with E-state index in [2.05, 4.69) is 26.2 Å². The number of fused-ring (bicyclic) bond motifs is 1. The van der Waals surface area contributed by atoms with Gasteiger partial charge in [-0.15, -0.1) is 0 Å². The quantitative estimate of drug-likeness (QED) is 0.381. The molecule has 4 aromatic rings. The van der Waals surface area contributed by atoms with Gasteiger partial charge >= 0.3 is 0 Å². The van der Waals surface area contributed by atoms with Gasteiger partial charge in [0.1, 0.15) is 5.82 Å². The summed E-state index contributed by atoms with van der Waals surface area (Å²) in [4.78, 5) is 30.0. The molecule has 1 amide bonds. The molecule has 0 unspecified atom stereocenters. The molecule has 0 bridgehead atoms. The molecule has 30 heavy (non-hydrogen) atoms. The van der Waals surface area contributed by atoms with Crippen molar-refractivity contribution in [1.29, 1.82) is 0 Å². The summed E-state index contributed by atoms with van der Waals surface area (Å²) in [6.45, 7) is 0.318. The minimum absolute atomic E-state index is 0.0608. The van der Waals surface area contributed by atoms with Crippen molar-refractivity contribution in [3.05, 3.63) is 99.2 Å². The van der Waals surface area contributed by atoms with Crippen LogP contribution in [0.4, 0.5) is 0 Å². The maximum Gasteiger partial charge on any atom is 0.251 e. The van der Waals surface area contributed by atoms with E-state index in [1.165, 1.54) is 0 Å². The van der Waals surface area contributed by atoms with E-state index in [4.69, 9.17) is 11.6 Å². The summed E-state index contributed by atoms with van der Waals surface area (Å²) in [5.41, 5.74) is 2.73. The number of halogens is 2. The van der Waals surface area contributed by atoms with Crippen LogP contribution in [0.5, 0.6) is 0 Å². The van der Waals surface area contributed by atoms with Gasteiger partial charge in [-0.05, 0) is 54.6 Å². The number of amides is 1. The van der Waals surface area contributed by atoms with Gasteiger partial charge in [0.25, 0.3) is 5.91 Å². The molecule has 0 fully saturated rings. The molecule has 0 radical (unpaired) electrons. The molecule has 1 N–H and O–H groups in total. The molecular weight excluding hydrogens is 466 g/mol. The lowest BCUT2D eigenvalue weighted by atomic mass is 10.1. The Morgan fingerprint density at radius 3 is 2.50 bits per heavy atom. The molecule has 0 saturated carbocycles. The summed E-state index contributed by atoms with van der Waals surface area (Å²) < 4.78 is 2.67. The third kappa shape index (κ3) is 4.45. The molecule has 5 nitrogen and oxygen atoms in total. The predicted octanol–water partition coefficient (Wildman–Crippen LogP) is 5.27. The van der Waals surface area contributed by atoms with E-state index >= 15 is 0 Å². The van der Waals surface area contributed by atoms with Crippen molar-refractivity contribution < 1.29 is 9.59 Å². The Balaban J connectivity index is 1.59. The number of rotatable bonds is 6. The first-order valence-electron chi connectivity index (χ1n) is 9.28. The maximum atomic E-state index is 12.8. The number of nitrogens with one attached hydrogen (secondary N) is 1.